The highest BCUT2D eigenvalue weighted by molar-refractivity contribution is 5.84. The van der Waals surface area contributed by atoms with Crippen LogP contribution < -0.4 is 5.32 Å². The molecule has 1 fully saturated rings. The molecule has 0 bridgehead atoms. The number of nitrogens with one attached hydrogen (secondary N) is 1. The molecule has 0 saturated carbocycles. The topological polar surface area (TPSA) is 84.7 Å². The highest BCUT2D eigenvalue weighted by Crippen LogP contribution is 2.29. The summed E-state index contributed by atoms with van der Waals surface area (Å²) in [4.78, 5) is 24.5. The molecule has 1 saturated heterocycles. The summed E-state index contributed by atoms with van der Waals surface area (Å²) in [6.07, 6.45) is -0.359. The highest BCUT2D eigenvalue weighted by Gasteiger charge is 2.37. The summed E-state index contributed by atoms with van der Waals surface area (Å²) in [6.45, 7) is 4.34. The Kier molecular flexibility index (Phi) is 4.54. The number of nitro groups is 1. The van der Waals surface area contributed by atoms with Gasteiger partial charge in [0.15, 0.2) is 0 Å². The van der Waals surface area contributed by atoms with Gasteiger partial charge in [0.25, 0.3) is 5.69 Å². The second-order valence-electron chi connectivity index (χ2n) is 5.12. The lowest BCUT2D eigenvalue weighted by Gasteiger charge is -2.24. The monoisotopic (exact) mass is 293 g/mol. The van der Waals surface area contributed by atoms with E-state index in [1.807, 2.05) is 6.07 Å². The Balaban J connectivity index is 2.32. The van der Waals surface area contributed by atoms with Crippen molar-refractivity contribution < 1.29 is 14.5 Å². The molecule has 0 aliphatic carbocycles. The van der Waals surface area contributed by atoms with Gasteiger partial charge in [-0.05, 0) is 19.4 Å². The van der Waals surface area contributed by atoms with Crippen molar-refractivity contribution in [1.29, 1.82) is 0 Å². The maximum Gasteiger partial charge on any atom is 0.272 e. The normalized spacial score (nSPS) is 21.9. The van der Waals surface area contributed by atoms with E-state index in [0.717, 1.165) is 0 Å². The quantitative estimate of drug-likeness (QED) is 0.654. The molecular formula is C14H19N3O4. The molecule has 0 radical (unpaired) electrons. The number of carbonyl (C=O) groups excluding carboxylic acids is 1. The Hall–Kier alpha value is -1.99. The Bertz CT molecular complexity index is 561. The van der Waals surface area contributed by atoms with Crippen LogP contribution in [0.2, 0.25) is 0 Å². The van der Waals surface area contributed by atoms with Gasteiger partial charge >= 0.3 is 0 Å². The molecule has 1 heterocycles. The second kappa shape index (κ2) is 6.19. The van der Waals surface area contributed by atoms with E-state index in [4.69, 9.17) is 4.74 Å². The van der Waals surface area contributed by atoms with E-state index in [1.54, 1.807) is 31.9 Å². The van der Waals surface area contributed by atoms with Crippen molar-refractivity contribution in [3.05, 3.63) is 39.4 Å². The van der Waals surface area contributed by atoms with Crippen LogP contribution in [0.25, 0.3) is 0 Å². The SMILES string of the molecule is COCCN1C(=O)C(C)NC1c1ccc(C)c([N+](=O)[O-])c1. The standard InChI is InChI=1S/C14H19N3O4/c1-9-4-5-11(8-12(9)17(19)20)13-15-10(2)14(18)16(13)6-7-21-3/h4-5,8,10,13,15H,6-7H2,1-3H3. The third-order valence-electron chi connectivity index (χ3n) is 3.65. The van der Waals surface area contributed by atoms with Gasteiger partial charge in [-0.15, -0.1) is 0 Å². The van der Waals surface area contributed by atoms with E-state index in [0.29, 0.717) is 24.3 Å². The summed E-state index contributed by atoms with van der Waals surface area (Å²) in [5.74, 6) is -0.0275. The second-order valence-corrected chi connectivity index (χ2v) is 5.12. The molecule has 1 N–H and O–H groups in total. The molecule has 0 aromatic heterocycles. The van der Waals surface area contributed by atoms with Gasteiger partial charge in [-0.3, -0.25) is 20.2 Å². The number of carbonyl (C=O) groups is 1. The molecule has 1 aromatic carbocycles. The predicted octanol–water partition coefficient (Wildman–Crippen LogP) is 1.37. The molecule has 1 aliphatic rings. The maximum atomic E-state index is 12.2. The summed E-state index contributed by atoms with van der Waals surface area (Å²) in [5.41, 5.74) is 1.37. The Morgan fingerprint density at radius 1 is 1.48 bits per heavy atom. The third kappa shape index (κ3) is 3.03. The van der Waals surface area contributed by atoms with Crippen LogP contribution >= 0.6 is 0 Å². The molecule has 21 heavy (non-hydrogen) atoms. The highest BCUT2D eigenvalue weighted by atomic mass is 16.6. The van der Waals surface area contributed by atoms with Crippen LogP contribution in [-0.4, -0.2) is 42.0 Å². The van der Waals surface area contributed by atoms with Crippen molar-refractivity contribution in [1.82, 2.24) is 10.2 Å². The molecule has 1 aliphatic heterocycles. The lowest BCUT2D eigenvalue weighted by Crippen LogP contribution is -2.33. The first kappa shape index (κ1) is 15.4. The fraction of sp³-hybridized carbons (Fsp3) is 0.500. The van der Waals surface area contributed by atoms with Gasteiger partial charge in [-0.1, -0.05) is 12.1 Å². The van der Waals surface area contributed by atoms with Crippen LogP contribution in [0, 0.1) is 17.0 Å². The number of amides is 1. The summed E-state index contributed by atoms with van der Waals surface area (Å²) in [5, 5.41) is 14.2. The Morgan fingerprint density at radius 2 is 2.19 bits per heavy atom. The first-order valence-electron chi connectivity index (χ1n) is 6.76. The Morgan fingerprint density at radius 3 is 2.81 bits per heavy atom. The van der Waals surface area contributed by atoms with Gasteiger partial charge < -0.3 is 9.64 Å². The number of hydrogen-bond acceptors (Lipinski definition) is 5. The number of hydrogen-bond donors (Lipinski definition) is 1. The molecule has 1 amide bonds. The van der Waals surface area contributed by atoms with E-state index in [2.05, 4.69) is 5.32 Å². The van der Waals surface area contributed by atoms with Crippen molar-refractivity contribution in [2.45, 2.75) is 26.1 Å². The van der Waals surface area contributed by atoms with Gasteiger partial charge in [0.1, 0.15) is 6.17 Å². The number of aryl methyl sites for hydroxylation is 1. The number of benzene rings is 1. The van der Waals surface area contributed by atoms with Gasteiger partial charge in [0, 0.05) is 25.3 Å². The molecule has 7 nitrogen and oxygen atoms in total. The first-order chi connectivity index (χ1) is 9.95. The molecule has 2 atom stereocenters. The zero-order valence-corrected chi connectivity index (χ0v) is 12.3. The minimum absolute atomic E-state index is 0.0275. The van der Waals surface area contributed by atoms with Crippen molar-refractivity contribution in [3.63, 3.8) is 0 Å². The van der Waals surface area contributed by atoms with Crippen molar-refractivity contribution in [2.24, 2.45) is 0 Å². The number of ether oxygens (including phenoxy) is 1. The molecule has 2 unspecified atom stereocenters. The van der Waals surface area contributed by atoms with E-state index in [-0.39, 0.29) is 23.8 Å². The van der Waals surface area contributed by atoms with E-state index >= 15 is 0 Å². The van der Waals surface area contributed by atoms with Crippen molar-refractivity contribution in [2.75, 3.05) is 20.3 Å². The van der Waals surface area contributed by atoms with Gasteiger partial charge in [-0.2, -0.15) is 0 Å². The van der Waals surface area contributed by atoms with Crippen LogP contribution in [0.3, 0.4) is 0 Å². The Labute approximate surface area is 123 Å². The molecule has 1 aromatic rings. The minimum atomic E-state index is -0.404. The van der Waals surface area contributed by atoms with Crippen LogP contribution in [0.5, 0.6) is 0 Å². The van der Waals surface area contributed by atoms with E-state index in [9.17, 15) is 14.9 Å². The molecule has 2 rings (SSSR count). The zero-order chi connectivity index (χ0) is 15.6. The fourth-order valence-electron chi connectivity index (χ4n) is 2.47. The lowest BCUT2D eigenvalue weighted by atomic mass is 10.1. The molecule has 0 spiro atoms. The first-order valence-corrected chi connectivity index (χ1v) is 6.76. The van der Waals surface area contributed by atoms with Crippen molar-refractivity contribution in [3.8, 4) is 0 Å². The van der Waals surface area contributed by atoms with E-state index in [1.165, 1.54) is 6.07 Å². The predicted molar refractivity (Wildman–Crippen MR) is 76.8 cm³/mol. The number of methoxy groups -OCH3 is 1. The van der Waals surface area contributed by atoms with Gasteiger partial charge in [0.2, 0.25) is 5.91 Å². The number of rotatable bonds is 5. The molecule has 7 heteroatoms. The minimum Gasteiger partial charge on any atom is -0.383 e. The van der Waals surface area contributed by atoms with E-state index < -0.39 is 4.92 Å². The van der Waals surface area contributed by atoms with Crippen LogP contribution in [0.4, 0.5) is 5.69 Å². The average Bonchev–Trinajstić information content (AvgIpc) is 2.73. The average molecular weight is 293 g/mol. The zero-order valence-electron chi connectivity index (χ0n) is 12.3. The van der Waals surface area contributed by atoms with Gasteiger partial charge in [0.05, 0.1) is 17.6 Å². The fourth-order valence-corrected chi connectivity index (χ4v) is 2.47. The van der Waals surface area contributed by atoms with Crippen LogP contribution in [0.15, 0.2) is 18.2 Å². The summed E-state index contributed by atoms with van der Waals surface area (Å²) in [7, 11) is 1.57. The largest absolute Gasteiger partial charge is 0.383 e. The van der Waals surface area contributed by atoms with Crippen LogP contribution in [0.1, 0.15) is 24.2 Å². The number of nitrogens with zero attached hydrogens (tertiary/aromatic N) is 2. The lowest BCUT2D eigenvalue weighted by molar-refractivity contribution is -0.385. The number of nitro benzene ring substituents is 1. The maximum absolute atomic E-state index is 12.2. The summed E-state index contributed by atoms with van der Waals surface area (Å²) < 4.78 is 5.02. The third-order valence-corrected chi connectivity index (χ3v) is 3.65. The van der Waals surface area contributed by atoms with Crippen LogP contribution in [-0.2, 0) is 9.53 Å². The summed E-state index contributed by atoms with van der Waals surface area (Å²) >= 11 is 0. The summed E-state index contributed by atoms with van der Waals surface area (Å²) in [6, 6.07) is 4.73. The smallest absolute Gasteiger partial charge is 0.272 e. The van der Waals surface area contributed by atoms with Gasteiger partial charge in [-0.25, -0.2) is 0 Å². The molecule has 114 valence electrons. The van der Waals surface area contributed by atoms with Crippen molar-refractivity contribution >= 4 is 11.6 Å². The molecular weight excluding hydrogens is 274 g/mol.